The van der Waals surface area contributed by atoms with Gasteiger partial charge in [0.1, 0.15) is 0 Å². The topological polar surface area (TPSA) is 73.2 Å². The molecule has 19 heavy (non-hydrogen) atoms. The van der Waals surface area contributed by atoms with Crippen molar-refractivity contribution in [3.8, 4) is 6.07 Å². The standard InChI is InChI=1S/C12H15N3O2S.ClH/c1-9-5-10(6-13)3-4-12(9)18(16,17)15(2)11-7-14-8-11;/h3-5,11,14H,7-8H2,1-2H3;1H. The lowest BCUT2D eigenvalue weighted by Gasteiger charge is -2.34. The summed E-state index contributed by atoms with van der Waals surface area (Å²) >= 11 is 0. The number of aryl methyl sites for hydroxylation is 1. The highest BCUT2D eigenvalue weighted by molar-refractivity contribution is 7.89. The van der Waals surface area contributed by atoms with Crippen molar-refractivity contribution in [2.75, 3.05) is 20.1 Å². The van der Waals surface area contributed by atoms with Crippen molar-refractivity contribution in [1.29, 1.82) is 5.26 Å². The normalized spacial score (nSPS) is 15.5. The van der Waals surface area contributed by atoms with Crippen LogP contribution in [-0.2, 0) is 10.0 Å². The van der Waals surface area contributed by atoms with Crippen LogP contribution in [0.25, 0.3) is 0 Å². The lowest BCUT2D eigenvalue weighted by molar-refractivity contribution is 0.274. The van der Waals surface area contributed by atoms with Crippen LogP contribution in [0.5, 0.6) is 0 Å². The van der Waals surface area contributed by atoms with Gasteiger partial charge in [-0.05, 0) is 30.7 Å². The van der Waals surface area contributed by atoms with Gasteiger partial charge in [0.15, 0.2) is 0 Å². The lowest BCUT2D eigenvalue weighted by atomic mass is 10.2. The second-order valence-electron chi connectivity index (χ2n) is 4.43. The van der Waals surface area contributed by atoms with Gasteiger partial charge in [-0.2, -0.15) is 9.57 Å². The minimum atomic E-state index is -3.47. The molecular formula is C12H16ClN3O2S. The number of nitriles is 1. The van der Waals surface area contributed by atoms with E-state index in [0.717, 1.165) is 0 Å². The van der Waals surface area contributed by atoms with Gasteiger partial charge in [-0.25, -0.2) is 8.42 Å². The van der Waals surface area contributed by atoms with E-state index >= 15 is 0 Å². The number of hydrogen-bond donors (Lipinski definition) is 1. The molecule has 1 aliphatic rings. The maximum absolute atomic E-state index is 12.4. The molecule has 0 unspecified atom stereocenters. The Bertz CT molecular complexity index is 606. The molecule has 1 aliphatic heterocycles. The van der Waals surface area contributed by atoms with Gasteiger partial charge in [0.2, 0.25) is 10.0 Å². The minimum absolute atomic E-state index is 0. The quantitative estimate of drug-likeness (QED) is 0.899. The average Bonchev–Trinajstić information content (AvgIpc) is 2.26. The summed E-state index contributed by atoms with van der Waals surface area (Å²) in [6.07, 6.45) is 0. The third-order valence-corrected chi connectivity index (χ3v) is 5.31. The number of halogens is 1. The van der Waals surface area contributed by atoms with Gasteiger partial charge >= 0.3 is 0 Å². The zero-order valence-electron chi connectivity index (χ0n) is 10.8. The van der Waals surface area contributed by atoms with Crippen molar-refractivity contribution in [1.82, 2.24) is 9.62 Å². The van der Waals surface area contributed by atoms with Gasteiger partial charge in [-0.3, -0.25) is 0 Å². The number of likely N-dealkylation sites (N-methyl/N-ethyl adjacent to an activating group) is 1. The van der Waals surface area contributed by atoms with Gasteiger partial charge in [0, 0.05) is 26.2 Å². The lowest BCUT2D eigenvalue weighted by Crippen LogP contribution is -2.57. The summed E-state index contributed by atoms with van der Waals surface area (Å²) in [4.78, 5) is 0.274. The van der Waals surface area contributed by atoms with E-state index in [-0.39, 0.29) is 23.3 Å². The molecule has 0 spiro atoms. The molecule has 0 saturated carbocycles. The summed E-state index contributed by atoms with van der Waals surface area (Å²) in [6, 6.07) is 6.66. The second-order valence-corrected chi connectivity index (χ2v) is 6.39. The number of hydrogen-bond acceptors (Lipinski definition) is 4. The number of rotatable bonds is 3. The first-order valence-electron chi connectivity index (χ1n) is 5.66. The third kappa shape index (κ3) is 2.90. The molecule has 1 aromatic rings. The smallest absolute Gasteiger partial charge is 0.243 e. The van der Waals surface area contributed by atoms with Crippen molar-refractivity contribution in [2.24, 2.45) is 0 Å². The molecule has 0 atom stereocenters. The van der Waals surface area contributed by atoms with E-state index in [1.54, 1.807) is 20.0 Å². The van der Waals surface area contributed by atoms with Crippen LogP contribution in [0.1, 0.15) is 11.1 Å². The Labute approximate surface area is 119 Å². The zero-order valence-corrected chi connectivity index (χ0v) is 12.4. The predicted octanol–water partition coefficient (Wildman–Crippen LogP) is 0.881. The number of nitrogens with one attached hydrogen (secondary N) is 1. The summed E-state index contributed by atoms with van der Waals surface area (Å²) < 4.78 is 26.2. The first-order valence-corrected chi connectivity index (χ1v) is 7.10. The molecule has 0 bridgehead atoms. The van der Waals surface area contributed by atoms with E-state index in [2.05, 4.69) is 5.32 Å². The Morgan fingerprint density at radius 2 is 2.05 bits per heavy atom. The van der Waals surface area contributed by atoms with Crippen LogP contribution in [0.2, 0.25) is 0 Å². The molecule has 0 aliphatic carbocycles. The SMILES string of the molecule is Cc1cc(C#N)ccc1S(=O)(=O)N(C)C1CNC1.Cl. The van der Waals surface area contributed by atoms with Crippen molar-refractivity contribution in [3.63, 3.8) is 0 Å². The van der Waals surface area contributed by atoms with E-state index in [9.17, 15) is 8.42 Å². The molecule has 5 nitrogen and oxygen atoms in total. The van der Waals surface area contributed by atoms with Crippen LogP contribution in [0.4, 0.5) is 0 Å². The van der Waals surface area contributed by atoms with Crippen molar-refractivity contribution >= 4 is 22.4 Å². The Balaban J connectivity index is 0.00000180. The van der Waals surface area contributed by atoms with Crippen molar-refractivity contribution in [2.45, 2.75) is 17.9 Å². The first-order chi connectivity index (χ1) is 8.46. The van der Waals surface area contributed by atoms with Crippen LogP contribution >= 0.6 is 12.4 Å². The van der Waals surface area contributed by atoms with Crippen LogP contribution in [0.3, 0.4) is 0 Å². The highest BCUT2D eigenvalue weighted by Gasteiger charge is 2.32. The monoisotopic (exact) mass is 301 g/mol. The van der Waals surface area contributed by atoms with E-state index in [1.807, 2.05) is 6.07 Å². The fourth-order valence-corrected chi connectivity index (χ4v) is 3.45. The van der Waals surface area contributed by atoms with E-state index < -0.39 is 10.0 Å². The Morgan fingerprint density at radius 1 is 1.42 bits per heavy atom. The highest BCUT2D eigenvalue weighted by Crippen LogP contribution is 2.22. The minimum Gasteiger partial charge on any atom is -0.313 e. The fourth-order valence-electron chi connectivity index (χ4n) is 1.89. The van der Waals surface area contributed by atoms with Crippen molar-refractivity contribution in [3.05, 3.63) is 29.3 Å². The van der Waals surface area contributed by atoms with Gasteiger partial charge in [0.05, 0.1) is 16.5 Å². The fraction of sp³-hybridized carbons (Fsp3) is 0.417. The van der Waals surface area contributed by atoms with Gasteiger partial charge in [-0.15, -0.1) is 12.4 Å². The Hall–Kier alpha value is -1.13. The van der Waals surface area contributed by atoms with Gasteiger partial charge in [-0.1, -0.05) is 0 Å². The largest absolute Gasteiger partial charge is 0.313 e. The predicted molar refractivity (Wildman–Crippen MR) is 74.7 cm³/mol. The Morgan fingerprint density at radius 3 is 2.47 bits per heavy atom. The molecule has 7 heteroatoms. The molecule has 0 radical (unpaired) electrons. The molecule has 1 N–H and O–H groups in total. The highest BCUT2D eigenvalue weighted by atomic mass is 35.5. The summed E-state index contributed by atoms with van der Waals surface area (Å²) in [7, 11) is -1.88. The van der Waals surface area contributed by atoms with Crippen LogP contribution in [-0.4, -0.2) is 38.9 Å². The molecule has 0 aromatic heterocycles. The van der Waals surface area contributed by atoms with Crippen LogP contribution < -0.4 is 5.32 Å². The Kier molecular flexibility index (Phi) is 4.93. The molecule has 104 valence electrons. The van der Waals surface area contributed by atoms with E-state index in [1.165, 1.54) is 16.4 Å². The van der Waals surface area contributed by atoms with Gasteiger partial charge in [0.25, 0.3) is 0 Å². The van der Waals surface area contributed by atoms with Crippen LogP contribution in [0, 0.1) is 18.3 Å². The third-order valence-electron chi connectivity index (χ3n) is 3.24. The number of benzene rings is 1. The number of sulfonamides is 1. The van der Waals surface area contributed by atoms with Gasteiger partial charge < -0.3 is 5.32 Å². The van der Waals surface area contributed by atoms with Crippen LogP contribution in [0.15, 0.2) is 23.1 Å². The first kappa shape index (κ1) is 15.9. The summed E-state index contributed by atoms with van der Waals surface area (Å²) in [5.74, 6) is 0. The van der Waals surface area contributed by atoms with E-state index in [0.29, 0.717) is 24.2 Å². The van der Waals surface area contributed by atoms with Crippen molar-refractivity contribution < 1.29 is 8.42 Å². The van der Waals surface area contributed by atoms with E-state index in [4.69, 9.17) is 5.26 Å². The maximum Gasteiger partial charge on any atom is 0.243 e. The summed E-state index contributed by atoms with van der Waals surface area (Å²) in [6.45, 7) is 3.08. The molecule has 1 heterocycles. The molecular weight excluding hydrogens is 286 g/mol. The second kappa shape index (κ2) is 5.88. The zero-order chi connectivity index (χ0) is 13.3. The average molecular weight is 302 g/mol. The summed E-state index contributed by atoms with van der Waals surface area (Å²) in [5.41, 5.74) is 1.08. The summed E-state index contributed by atoms with van der Waals surface area (Å²) in [5, 5.41) is 11.8. The molecule has 1 saturated heterocycles. The maximum atomic E-state index is 12.4. The molecule has 0 amide bonds. The molecule has 1 aromatic carbocycles. The molecule has 1 fully saturated rings. The number of nitrogens with zero attached hydrogens (tertiary/aromatic N) is 2. The molecule has 2 rings (SSSR count).